The predicted octanol–water partition coefficient (Wildman–Crippen LogP) is 5.23. The molecule has 0 aliphatic heterocycles. The lowest BCUT2D eigenvalue weighted by molar-refractivity contribution is -0.118. The number of thiophene rings is 1. The molecule has 0 aliphatic carbocycles. The van der Waals surface area contributed by atoms with Crippen LogP contribution in [0.2, 0.25) is 0 Å². The highest BCUT2D eigenvalue weighted by Crippen LogP contribution is 2.27. The Balaban J connectivity index is 1.58. The molecule has 1 amide bonds. The third kappa shape index (κ3) is 3.41. The fraction of sp³-hybridized carbons (Fsp3) is 0.250. The van der Waals surface area contributed by atoms with Gasteiger partial charge in [-0.05, 0) is 61.3 Å². The number of H-pyrrole nitrogens is 1. The molecule has 0 saturated heterocycles. The molecule has 3 aromatic heterocycles. The lowest BCUT2D eigenvalue weighted by atomic mass is 10.2. The largest absolute Gasteiger partial charge is 0.347 e. The van der Waals surface area contributed by atoms with Crippen LogP contribution in [0.15, 0.2) is 48.0 Å². The van der Waals surface area contributed by atoms with Gasteiger partial charge in [-0.1, -0.05) is 13.0 Å². The van der Waals surface area contributed by atoms with Crippen LogP contribution in [0, 0.1) is 4.77 Å². The SMILES string of the molecule is CCCn1ccc2cc(NC(=O)C(C)n3c(-c4cccs4)n[nH]c3=S)ccc21. The Kier molecular flexibility index (Phi) is 5.15. The summed E-state index contributed by atoms with van der Waals surface area (Å²) in [6, 6.07) is 11.5. The molecule has 0 saturated carbocycles. The summed E-state index contributed by atoms with van der Waals surface area (Å²) in [6.45, 7) is 4.97. The second kappa shape index (κ2) is 7.73. The van der Waals surface area contributed by atoms with E-state index in [9.17, 15) is 4.79 Å². The molecule has 4 aromatic rings. The molecular weight excluding hydrogens is 390 g/mol. The molecule has 1 atom stereocenters. The van der Waals surface area contributed by atoms with Crippen molar-refractivity contribution < 1.29 is 4.79 Å². The number of rotatable bonds is 6. The summed E-state index contributed by atoms with van der Waals surface area (Å²) in [7, 11) is 0. The number of carbonyl (C=O) groups excluding carboxylic acids is 1. The van der Waals surface area contributed by atoms with Crippen molar-refractivity contribution in [2.75, 3.05) is 5.32 Å². The number of hydrogen-bond donors (Lipinski definition) is 2. The number of benzene rings is 1. The van der Waals surface area contributed by atoms with E-state index in [-0.39, 0.29) is 5.91 Å². The Labute approximate surface area is 171 Å². The molecule has 0 fully saturated rings. The number of carbonyl (C=O) groups is 1. The summed E-state index contributed by atoms with van der Waals surface area (Å²) in [5.74, 6) is 0.539. The van der Waals surface area contributed by atoms with E-state index in [0.29, 0.717) is 10.6 Å². The topological polar surface area (TPSA) is 67.6 Å². The maximum atomic E-state index is 12.9. The van der Waals surface area contributed by atoms with Crippen molar-refractivity contribution in [1.82, 2.24) is 19.3 Å². The third-order valence-electron chi connectivity index (χ3n) is 4.72. The van der Waals surface area contributed by atoms with Crippen LogP contribution < -0.4 is 5.32 Å². The average molecular weight is 412 g/mol. The molecular formula is C20H21N5OS2. The van der Waals surface area contributed by atoms with E-state index >= 15 is 0 Å². The fourth-order valence-electron chi connectivity index (χ4n) is 3.32. The number of aromatic nitrogens is 4. The molecule has 6 nitrogen and oxygen atoms in total. The summed E-state index contributed by atoms with van der Waals surface area (Å²) < 4.78 is 4.41. The maximum absolute atomic E-state index is 12.9. The Hall–Kier alpha value is -2.71. The number of aryl methyl sites for hydroxylation is 1. The Bertz CT molecular complexity index is 1170. The highest BCUT2D eigenvalue weighted by atomic mass is 32.1. The van der Waals surface area contributed by atoms with E-state index in [2.05, 4.69) is 39.3 Å². The van der Waals surface area contributed by atoms with Crippen molar-refractivity contribution in [2.45, 2.75) is 32.9 Å². The second-order valence-electron chi connectivity index (χ2n) is 6.65. The normalized spacial score (nSPS) is 12.4. The minimum atomic E-state index is -0.497. The smallest absolute Gasteiger partial charge is 0.247 e. The van der Waals surface area contributed by atoms with Gasteiger partial charge in [-0.2, -0.15) is 5.10 Å². The van der Waals surface area contributed by atoms with Crippen molar-refractivity contribution in [3.8, 4) is 10.7 Å². The Morgan fingerprint density at radius 1 is 1.36 bits per heavy atom. The van der Waals surface area contributed by atoms with Gasteiger partial charge in [0.25, 0.3) is 0 Å². The van der Waals surface area contributed by atoms with Gasteiger partial charge in [-0.3, -0.25) is 14.5 Å². The van der Waals surface area contributed by atoms with Crippen LogP contribution in [0.3, 0.4) is 0 Å². The monoisotopic (exact) mass is 411 g/mol. The van der Waals surface area contributed by atoms with E-state index in [4.69, 9.17) is 12.2 Å². The second-order valence-corrected chi connectivity index (χ2v) is 7.98. The van der Waals surface area contributed by atoms with Crippen molar-refractivity contribution in [2.24, 2.45) is 0 Å². The number of nitrogens with one attached hydrogen (secondary N) is 2. The van der Waals surface area contributed by atoms with E-state index < -0.39 is 6.04 Å². The van der Waals surface area contributed by atoms with Crippen molar-refractivity contribution in [1.29, 1.82) is 0 Å². The molecule has 0 spiro atoms. The van der Waals surface area contributed by atoms with Gasteiger partial charge < -0.3 is 9.88 Å². The maximum Gasteiger partial charge on any atom is 0.247 e. The minimum absolute atomic E-state index is 0.136. The van der Waals surface area contributed by atoms with Crippen LogP contribution in [0.25, 0.3) is 21.6 Å². The van der Waals surface area contributed by atoms with E-state index in [1.54, 1.807) is 15.9 Å². The van der Waals surface area contributed by atoms with Crippen molar-refractivity contribution in [3.63, 3.8) is 0 Å². The van der Waals surface area contributed by atoms with Gasteiger partial charge in [0.2, 0.25) is 5.91 Å². The van der Waals surface area contributed by atoms with Gasteiger partial charge in [-0.25, -0.2) is 0 Å². The van der Waals surface area contributed by atoms with E-state index in [1.807, 2.05) is 42.6 Å². The van der Waals surface area contributed by atoms with E-state index in [0.717, 1.165) is 28.9 Å². The molecule has 3 heterocycles. The lowest BCUT2D eigenvalue weighted by Crippen LogP contribution is -2.24. The molecule has 0 radical (unpaired) electrons. The summed E-state index contributed by atoms with van der Waals surface area (Å²) in [4.78, 5) is 13.9. The number of nitrogens with zero attached hydrogens (tertiary/aromatic N) is 3. The zero-order chi connectivity index (χ0) is 19.7. The molecule has 1 unspecified atom stereocenters. The average Bonchev–Trinajstić information content (AvgIpc) is 3.41. The molecule has 0 bridgehead atoms. The van der Waals surface area contributed by atoms with Gasteiger partial charge in [-0.15, -0.1) is 11.3 Å². The zero-order valence-corrected chi connectivity index (χ0v) is 17.3. The first-order valence-corrected chi connectivity index (χ1v) is 10.5. The van der Waals surface area contributed by atoms with Crippen LogP contribution in [-0.4, -0.2) is 25.2 Å². The summed E-state index contributed by atoms with van der Waals surface area (Å²) in [5.41, 5.74) is 1.94. The van der Waals surface area contributed by atoms with Crippen LogP contribution in [0.5, 0.6) is 0 Å². The molecule has 8 heteroatoms. The summed E-state index contributed by atoms with van der Waals surface area (Å²) in [5, 5.41) is 13.2. The number of aromatic amines is 1. The van der Waals surface area contributed by atoms with Crippen LogP contribution in [0.4, 0.5) is 5.69 Å². The standard InChI is InChI=1S/C20H21N5OS2/c1-3-9-24-10-8-14-12-15(6-7-16(14)24)21-19(26)13(2)25-18(22-23-20(25)27)17-5-4-11-28-17/h4-8,10-13H,3,9H2,1-2H3,(H,21,26)(H,23,27). The van der Waals surface area contributed by atoms with E-state index in [1.165, 1.54) is 5.52 Å². The molecule has 4 rings (SSSR count). The molecule has 28 heavy (non-hydrogen) atoms. The first kappa shape index (κ1) is 18.6. The summed E-state index contributed by atoms with van der Waals surface area (Å²) >= 11 is 6.93. The molecule has 0 aliphatic rings. The van der Waals surface area contributed by atoms with Crippen LogP contribution in [0.1, 0.15) is 26.3 Å². The first-order valence-electron chi connectivity index (χ1n) is 9.19. The Morgan fingerprint density at radius 3 is 2.96 bits per heavy atom. The highest BCUT2D eigenvalue weighted by molar-refractivity contribution is 7.71. The molecule has 1 aromatic carbocycles. The molecule has 2 N–H and O–H groups in total. The van der Waals surface area contributed by atoms with Gasteiger partial charge in [0, 0.05) is 29.3 Å². The predicted molar refractivity (Wildman–Crippen MR) is 116 cm³/mol. The summed E-state index contributed by atoms with van der Waals surface area (Å²) in [6.07, 6.45) is 3.16. The lowest BCUT2D eigenvalue weighted by Gasteiger charge is -2.15. The Morgan fingerprint density at radius 2 is 2.21 bits per heavy atom. The van der Waals surface area contributed by atoms with Gasteiger partial charge in [0.15, 0.2) is 10.6 Å². The zero-order valence-electron chi connectivity index (χ0n) is 15.7. The van der Waals surface area contributed by atoms with Crippen molar-refractivity contribution in [3.05, 3.63) is 52.7 Å². The number of hydrogen-bond acceptors (Lipinski definition) is 4. The number of anilines is 1. The first-order chi connectivity index (χ1) is 13.6. The number of fused-ring (bicyclic) bond motifs is 1. The minimum Gasteiger partial charge on any atom is -0.347 e. The van der Waals surface area contributed by atoms with Gasteiger partial charge in [0.1, 0.15) is 6.04 Å². The van der Waals surface area contributed by atoms with Crippen LogP contribution in [-0.2, 0) is 11.3 Å². The third-order valence-corrected chi connectivity index (χ3v) is 5.87. The quantitative estimate of drug-likeness (QED) is 0.427. The number of amides is 1. The van der Waals surface area contributed by atoms with Gasteiger partial charge in [0.05, 0.1) is 4.88 Å². The van der Waals surface area contributed by atoms with Crippen LogP contribution >= 0.6 is 23.6 Å². The van der Waals surface area contributed by atoms with Gasteiger partial charge >= 0.3 is 0 Å². The highest BCUT2D eigenvalue weighted by Gasteiger charge is 2.21. The molecule has 144 valence electrons. The fourth-order valence-corrected chi connectivity index (χ4v) is 4.32. The van der Waals surface area contributed by atoms with Crippen molar-refractivity contribution >= 4 is 46.1 Å².